The van der Waals surface area contributed by atoms with E-state index in [4.69, 9.17) is 15.2 Å². The van der Waals surface area contributed by atoms with Crippen LogP contribution >= 0.6 is 0 Å². The lowest BCUT2D eigenvalue weighted by atomic mass is 10.1. The van der Waals surface area contributed by atoms with Crippen LogP contribution in [0.3, 0.4) is 0 Å². The molecule has 0 aromatic rings. The van der Waals surface area contributed by atoms with E-state index < -0.39 is 0 Å². The van der Waals surface area contributed by atoms with Crippen molar-refractivity contribution in [1.29, 1.82) is 0 Å². The van der Waals surface area contributed by atoms with Crippen molar-refractivity contribution >= 4 is 0 Å². The molecule has 2 atom stereocenters. The number of nitrogens with two attached hydrogens (primary N) is 1. The van der Waals surface area contributed by atoms with Crippen molar-refractivity contribution in [3.63, 3.8) is 0 Å². The van der Waals surface area contributed by atoms with Gasteiger partial charge in [0.05, 0.1) is 0 Å². The number of hydrogen-bond donors (Lipinski definition) is 1. The van der Waals surface area contributed by atoms with Crippen LogP contribution in [0.1, 0.15) is 26.7 Å². The van der Waals surface area contributed by atoms with Crippen LogP contribution in [0.25, 0.3) is 0 Å². The summed E-state index contributed by atoms with van der Waals surface area (Å²) < 4.78 is 10.6. The van der Waals surface area contributed by atoms with Crippen molar-refractivity contribution in [3.05, 3.63) is 0 Å². The first-order valence-electron chi connectivity index (χ1n) is 7.39. The molecule has 19 heavy (non-hydrogen) atoms. The smallest absolute Gasteiger partial charge is 0.158 e. The Morgan fingerprint density at radius 2 is 1.58 bits per heavy atom. The second kappa shape index (κ2) is 8.87. The molecule has 0 saturated carbocycles. The Kier molecular flexibility index (Phi) is 7.87. The number of methoxy groups -OCH3 is 2. The number of nitrogens with zero attached hydrogens (tertiary/aromatic N) is 2. The largest absolute Gasteiger partial charge is 0.356 e. The van der Waals surface area contributed by atoms with E-state index >= 15 is 0 Å². The molecule has 1 saturated heterocycles. The van der Waals surface area contributed by atoms with Crippen molar-refractivity contribution in [3.8, 4) is 0 Å². The fourth-order valence-electron chi connectivity index (χ4n) is 2.71. The molecular weight excluding hydrogens is 242 g/mol. The molecule has 1 aliphatic heterocycles. The molecule has 2 N–H and O–H groups in total. The molecule has 1 fully saturated rings. The Morgan fingerprint density at radius 3 is 2.00 bits per heavy atom. The van der Waals surface area contributed by atoms with E-state index in [1.54, 1.807) is 14.2 Å². The Bertz CT molecular complexity index is 229. The van der Waals surface area contributed by atoms with E-state index in [0.29, 0.717) is 18.6 Å². The maximum Gasteiger partial charge on any atom is 0.158 e. The monoisotopic (exact) mass is 273 g/mol. The quantitative estimate of drug-likeness (QED) is 0.661. The molecule has 0 spiro atoms. The minimum Gasteiger partial charge on any atom is -0.356 e. The van der Waals surface area contributed by atoms with Gasteiger partial charge in [0.1, 0.15) is 0 Å². The van der Waals surface area contributed by atoms with Crippen molar-refractivity contribution in [2.75, 3.05) is 46.9 Å². The predicted molar refractivity (Wildman–Crippen MR) is 78.2 cm³/mol. The van der Waals surface area contributed by atoms with E-state index in [0.717, 1.165) is 32.6 Å². The van der Waals surface area contributed by atoms with Gasteiger partial charge in [0.25, 0.3) is 0 Å². The second-order valence-electron chi connectivity index (χ2n) is 5.36. The lowest BCUT2D eigenvalue weighted by Crippen LogP contribution is -2.54. The van der Waals surface area contributed by atoms with Gasteiger partial charge < -0.3 is 15.2 Å². The summed E-state index contributed by atoms with van der Waals surface area (Å²) in [6.45, 7) is 9.67. The van der Waals surface area contributed by atoms with Gasteiger partial charge in [-0.05, 0) is 13.3 Å². The van der Waals surface area contributed by atoms with Crippen LogP contribution in [0, 0.1) is 0 Å². The highest BCUT2D eigenvalue weighted by atomic mass is 16.7. The van der Waals surface area contributed by atoms with Gasteiger partial charge in [0.15, 0.2) is 6.29 Å². The molecular formula is C14H31N3O2. The molecule has 1 rings (SSSR count). The van der Waals surface area contributed by atoms with Crippen LogP contribution in [0.5, 0.6) is 0 Å². The van der Waals surface area contributed by atoms with Gasteiger partial charge in [-0.3, -0.25) is 9.80 Å². The third-order valence-electron chi connectivity index (χ3n) is 4.34. The summed E-state index contributed by atoms with van der Waals surface area (Å²) in [4.78, 5) is 5.04. The molecule has 1 heterocycles. The summed E-state index contributed by atoms with van der Waals surface area (Å²) in [6, 6.07) is 1.04. The highest BCUT2D eigenvalue weighted by Crippen LogP contribution is 2.14. The summed E-state index contributed by atoms with van der Waals surface area (Å²) in [5.74, 6) is 0. The van der Waals surface area contributed by atoms with Crippen LogP contribution in [-0.2, 0) is 9.47 Å². The Hall–Kier alpha value is -0.200. The third kappa shape index (κ3) is 5.00. The standard InChI is InChI=1S/C14H31N3O2/c1-5-12(2)16-6-8-17(9-7-16)13(11-15)10-14(18-3)19-4/h12-14H,5-11,15H2,1-4H3. The molecule has 0 amide bonds. The van der Waals surface area contributed by atoms with Crippen LogP contribution < -0.4 is 5.73 Å². The van der Waals surface area contributed by atoms with E-state index in [-0.39, 0.29) is 6.29 Å². The van der Waals surface area contributed by atoms with E-state index in [1.165, 1.54) is 6.42 Å². The van der Waals surface area contributed by atoms with Gasteiger partial charge in [0, 0.05) is 65.4 Å². The summed E-state index contributed by atoms with van der Waals surface area (Å²) in [5.41, 5.74) is 5.92. The molecule has 0 aromatic carbocycles. The van der Waals surface area contributed by atoms with Gasteiger partial charge in [-0.25, -0.2) is 0 Å². The minimum absolute atomic E-state index is 0.152. The van der Waals surface area contributed by atoms with E-state index in [2.05, 4.69) is 23.6 Å². The second-order valence-corrected chi connectivity index (χ2v) is 5.36. The number of rotatable bonds is 8. The maximum absolute atomic E-state index is 5.92. The summed E-state index contributed by atoms with van der Waals surface area (Å²) in [6.07, 6.45) is 1.91. The summed E-state index contributed by atoms with van der Waals surface area (Å²) in [5, 5.41) is 0. The lowest BCUT2D eigenvalue weighted by Gasteiger charge is -2.41. The number of hydrogen-bond acceptors (Lipinski definition) is 5. The van der Waals surface area contributed by atoms with Crippen molar-refractivity contribution in [2.45, 2.75) is 45.1 Å². The lowest BCUT2D eigenvalue weighted by molar-refractivity contribution is -0.118. The maximum atomic E-state index is 5.92. The molecule has 5 heteroatoms. The van der Waals surface area contributed by atoms with Crippen LogP contribution in [0.15, 0.2) is 0 Å². The third-order valence-corrected chi connectivity index (χ3v) is 4.34. The average molecular weight is 273 g/mol. The van der Waals surface area contributed by atoms with Gasteiger partial charge in [-0.15, -0.1) is 0 Å². The first-order chi connectivity index (χ1) is 9.15. The zero-order chi connectivity index (χ0) is 14.3. The molecule has 5 nitrogen and oxygen atoms in total. The van der Waals surface area contributed by atoms with Crippen LogP contribution in [-0.4, -0.2) is 75.1 Å². The molecule has 114 valence electrons. The zero-order valence-corrected chi connectivity index (χ0v) is 13.0. The van der Waals surface area contributed by atoms with Crippen molar-refractivity contribution < 1.29 is 9.47 Å². The Balaban J connectivity index is 2.43. The molecule has 0 aliphatic carbocycles. The Labute approximate surface area is 118 Å². The summed E-state index contributed by atoms with van der Waals surface area (Å²) >= 11 is 0. The molecule has 0 radical (unpaired) electrons. The predicted octanol–water partition coefficient (Wildman–Crippen LogP) is 0.739. The fourth-order valence-corrected chi connectivity index (χ4v) is 2.71. The first kappa shape index (κ1) is 16.9. The molecule has 2 unspecified atom stereocenters. The van der Waals surface area contributed by atoms with Gasteiger partial charge >= 0.3 is 0 Å². The topological polar surface area (TPSA) is 51.0 Å². The van der Waals surface area contributed by atoms with Gasteiger partial charge in [0.2, 0.25) is 0 Å². The first-order valence-corrected chi connectivity index (χ1v) is 7.39. The Morgan fingerprint density at radius 1 is 1.05 bits per heavy atom. The summed E-state index contributed by atoms with van der Waals surface area (Å²) in [7, 11) is 3.37. The average Bonchev–Trinajstić information content (AvgIpc) is 2.48. The molecule has 0 aromatic heterocycles. The van der Waals surface area contributed by atoms with Crippen LogP contribution in [0.2, 0.25) is 0 Å². The SMILES string of the molecule is CCC(C)N1CCN(C(CN)CC(OC)OC)CC1. The van der Waals surface area contributed by atoms with E-state index in [9.17, 15) is 0 Å². The molecule has 0 bridgehead atoms. The minimum atomic E-state index is -0.152. The number of ether oxygens (including phenoxy) is 2. The highest BCUT2D eigenvalue weighted by molar-refractivity contribution is 4.81. The highest BCUT2D eigenvalue weighted by Gasteiger charge is 2.26. The van der Waals surface area contributed by atoms with Crippen molar-refractivity contribution in [2.24, 2.45) is 5.73 Å². The van der Waals surface area contributed by atoms with E-state index in [1.807, 2.05) is 0 Å². The zero-order valence-electron chi connectivity index (χ0n) is 13.0. The molecule has 1 aliphatic rings. The number of piperazine rings is 1. The van der Waals surface area contributed by atoms with Gasteiger partial charge in [-0.1, -0.05) is 6.92 Å². The van der Waals surface area contributed by atoms with Crippen molar-refractivity contribution in [1.82, 2.24) is 9.80 Å². The van der Waals surface area contributed by atoms with Gasteiger partial charge in [-0.2, -0.15) is 0 Å². The van der Waals surface area contributed by atoms with Crippen LogP contribution in [0.4, 0.5) is 0 Å². The normalized spacial score (nSPS) is 21.8. The fraction of sp³-hybridized carbons (Fsp3) is 1.00.